The molecule has 1 aliphatic rings. The second-order valence-corrected chi connectivity index (χ2v) is 7.63. The number of aromatic nitrogens is 3. The standard InChI is InChI=1S/C22H26N4O2/c27-14-17-7-4-8-19(11-17)25-22(28)18-12-20-21(23-13-18)26(15-24-20)10-9-16-5-2-1-3-6-16/h1-3,5-6,12-13,15,17,19,27H,4,7-11,14H2,(H,25,28)/t17-,19-/m1/s1. The molecule has 1 saturated carbocycles. The van der Waals surface area contributed by atoms with E-state index in [1.807, 2.05) is 28.8 Å². The van der Waals surface area contributed by atoms with Crippen LogP contribution in [0.15, 0.2) is 48.9 Å². The van der Waals surface area contributed by atoms with E-state index in [-0.39, 0.29) is 18.6 Å². The normalized spacial score (nSPS) is 19.6. The zero-order valence-corrected chi connectivity index (χ0v) is 15.9. The van der Waals surface area contributed by atoms with Gasteiger partial charge in [-0.15, -0.1) is 0 Å². The summed E-state index contributed by atoms with van der Waals surface area (Å²) in [5.41, 5.74) is 3.34. The quantitative estimate of drug-likeness (QED) is 0.691. The number of imidazole rings is 1. The van der Waals surface area contributed by atoms with E-state index in [0.29, 0.717) is 11.5 Å². The number of carbonyl (C=O) groups is 1. The highest BCUT2D eigenvalue weighted by Crippen LogP contribution is 2.24. The first kappa shape index (κ1) is 18.6. The maximum absolute atomic E-state index is 12.6. The lowest BCUT2D eigenvalue weighted by Gasteiger charge is -2.28. The van der Waals surface area contributed by atoms with Gasteiger partial charge in [-0.25, -0.2) is 9.97 Å². The fourth-order valence-corrected chi connectivity index (χ4v) is 3.99. The van der Waals surface area contributed by atoms with Crippen LogP contribution in [0.3, 0.4) is 0 Å². The van der Waals surface area contributed by atoms with Crippen molar-refractivity contribution in [3.05, 3.63) is 60.0 Å². The SMILES string of the molecule is O=C(N[C@@H]1CCC[C@@H](CO)C1)c1cnc2c(c1)ncn2CCc1ccccc1. The highest BCUT2D eigenvalue weighted by molar-refractivity contribution is 5.96. The number of hydrogen-bond acceptors (Lipinski definition) is 4. The number of fused-ring (bicyclic) bond motifs is 1. The number of pyridine rings is 1. The van der Waals surface area contributed by atoms with Gasteiger partial charge in [0.05, 0.1) is 11.9 Å². The van der Waals surface area contributed by atoms with Crippen molar-refractivity contribution in [3.8, 4) is 0 Å². The van der Waals surface area contributed by atoms with Crippen molar-refractivity contribution >= 4 is 17.1 Å². The van der Waals surface area contributed by atoms with Crippen LogP contribution in [-0.4, -0.2) is 38.2 Å². The highest BCUT2D eigenvalue weighted by Gasteiger charge is 2.23. The highest BCUT2D eigenvalue weighted by atomic mass is 16.3. The van der Waals surface area contributed by atoms with Crippen LogP contribution in [0.5, 0.6) is 0 Å². The number of amides is 1. The molecule has 146 valence electrons. The maximum Gasteiger partial charge on any atom is 0.253 e. The van der Waals surface area contributed by atoms with Gasteiger partial charge in [-0.3, -0.25) is 4.79 Å². The fraction of sp³-hybridized carbons (Fsp3) is 0.409. The van der Waals surface area contributed by atoms with Gasteiger partial charge in [-0.05, 0) is 43.2 Å². The third kappa shape index (κ3) is 4.22. The van der Waals surface area contributed by atoms with Crippen LogP contribution in [0, 0.1) is 5.92 Å². The van der Waals surface area contributed by atoms with Gasteiger partial charge in [0.25, 0.3) is 5.91 Å². The second-order valence-electron chi connectivity index (χ2n) is 7.63. The molecule has 1 aliphatic carbocycles. The Morgan fingerprint density at radius 2 is 2.07 bits per heavy atom. The van der Waals surface area contributed by atoms with Crippen LogP contribution < -0.4 is 5.32 Å². The minimum atomic E-state index is -0.114. The maximum atomic E-state index is 12.6. The minimum Gasteiger partial charge on any atom is -0.396 e. The Bertz CT molecular complexity index is 938. The Labute approximate surface area is 164 Å². The van der Waals surface area contributed by atoms with Crippen LogP contribution in [0.1, 0.15) is 41.6 Å². The van der Waals surface area contributed by atoms with Crippen molar-refractivity contribution in [2.45, 2.75) is 44.7 Å². The van der Waals surface area contributed by atoms with Crippen molar-refractivity contribution in [2.24, 2.45) is 5.92 Å². The number of carbonyl (C=O) groups excluding carboxylic acids is 1. The van der Waals surface area contributed by atoms with Gasteiger partial charge in [-0.1, -0.05) is 36.8 Å². The summed E-state index contributed by atoms with van der Waals surface area (Å²) in [6.45, 7) is 0.990. The molecule has 0 saturated heterocycles. The van der Waals surface area contributed by atoms with Gasteiger partial charge in [0.15, 0.2) is 5.65 Å². The summed E-state index contributed by atoms with van der Waals surface area (Å²) in [6, 6.07) is 12.3. The number of hydrogen-bond donors (Lipinski definition) is 2. The topological polar surface area (TPSA) is 80.0 Å². The molecule has 2 aromatic heterocycles. The summed E-state index contributed by atoms with van der Waals surface area (Å²) in [4.78, 5) is 21.6. The zero-order chi connectivity index (χ0) is 19.3. The third-order valence-corrected chi connectivity index (χ3v) is 5.58. The Morgan fingerprint density at radius 3 is 2.89 bits per heavy atom. The largest absolute Gasteiger partial charge is 0.396 e. The molecule has 3 aromatic rings. The molecule has 2 atom stereocenters. The number of aryl methyl sites for hydroxylation is 2. The van der Waals surface area contributed by atoms with Gasteiger partial charge >= 0.3 is 0 Å². The first-order valence-corrected chi connectivity index (χ1v) is 9.99. The van der Waals surface area contributed by atoms with E-state index in [9.17, 15) is 9.90 Å². The molecule has 0 aliphatic heterocycles. The number of aliphatic hydroxyl groups excluding tert-OH is 1. The number of benzene rings is 1. The average molecular weight is 378 g/mol. The molecule has 0 radical (unpaired) electrons. The smallest absolute Gasteiger partial charge is 0.253 e. The molecule has 28 heavy (non-hydrogen) atoms. The first-order chi connectivity index (χ1) is 13.7. The van der Waals surface area contributed by atoms with Gasteiger partial charge in [-0.2, -0.15) is 0 Å². The van der Waals surface area contributed by atoms with E-state index >= 15 is 0 Å². The van der Waals surface area contributed by atoms with Crippen LogP contribution in [0.2, 0.25) is 0 Å². The Hall–Kier alpha value is -2.73. The zero-order valence-electron chi connectivity index (χ0n) is 15.9. The summed E-state index contributed by atoms with van der Waals surface area (Å²) in [6.07, 6.45) is 8.21. The minimum absolute atomic E-state index is 0.114. The molecule has 0 unspecified atom stereocenters. The summed E-state index contributed by atoms with van der Waals surface area (Å²) in [7, 11) is 0. The van der Waals surface area contributed by atoms with Crippen LogP contribution in [-0.2, 0) is 13.0 Å². The first-order valence-electron chi connectivity index (χ1n) is 9.99. The molecular weight excluding hydrogens is 352 g/mol. The van der Waals surface area contributed by atoms with E-state index in [0.717, 1.165) is 49.8 Å². The number of rotatable bonds is 6. The van der Waals surface area contributed by atoms with Crippen molar-refractivity contribution in [2.75, 3.05) is 6.61 Å². The number of nitrogens with zero attached hydrogens (tertiary/aromatic N) is 3. The lowest BCUT2D eigenvalue weighted by atomic mass is 9.86. The van der Waals surface area contributed by atoms with Gasteiger partial charge in [0.1, 0.15) is 5.52 Å². The molecule has 2 heterocycles. The Morgan fingerprint density at radius 1 is 1.21 bits per heavy atom. The van der Waals surface area contributed by atoms with E-state index in [1.54, 1.807) is 12.5 Å². The van der Waals surface area contributed by atoms with Crippen LogP contribution >= 0.6 is 0 Å². The van der Waals surface area contributed by atoms with Crippen LogP contribution in [0.25, 0.3) is 11.2 Å². The van der Waals surface area contributed by atoms with Gasteiger partial charge < -0.3 is 15.0 Å². The van der Waals surface area contributed by atoms with Crippen molar-refractivity contribution in [1.82, 2.24) is 19.9 Å². The predicted octanol–water partition coefficient (Wildman–Crippen LogP) is 2.95. The molecule has 1 fully saturated rings. The predicted molar refractivity (Wildman–Crippen MR) is 108 cm³/mol. The lowest BCUT2D eigenvalue weighted by molar-refractivity contribution is 0.0905. The monoisotopic (exact) mass is 378 g/mol. The third-order valence-electron chi connectivity index (χ3n) is 5.58. The summed E-state index contributed by atoms with van der Waals surface area (Å²) >= 11 is 0. The molecule has 2 N–H and O–H groups in total. The summed E-state index contributed by atoms with van der Waals surface area (Å²) < 4.78 is 2.02. The molecule has 1 amide bonds. The second kappa shape index (κ2) is 8.52. The number of nitrogens with one attached hydrogen (secondary N) is 1. The van der Waals surface area contributed by atoms with Crippen LogP contribution in [0.4, 0.5) is 0 Å². The van der Waals surface area contributed by atoms with Gasteiger partial charge in [0.2, 0.25) is 0 Å². The number of aliphatic hydroxyl groups is 1. The molecule has 6 heteroatoms. The average Bonchev–Trinajstić information content (AvgIpc) is 3.15. The summed E-state index contributed by atoms with van der Waals surface area (Å²) in [5.74, 6) is 0.178. The molecule has 1 aromatic carbocycles. The van der Waals surface area contributed by atoms with E-state index in [4.69, 9.17) is 0 Å². The fourth-order valence-electron chi connectivity index (χ4n) is 3.99. The van der Waals surface area contributed by atoms with Crippen molar-refractivity contribution in [1.29, 1.82) is 0 Å². The van der Waals surface area contributed by atoms with Gasteiger partial charge in [0, 0.05) is 25.4 Å². The molecule has 6 nitrogen and oxygen atoms in total. The van der Waals surface area contributed by atoms with E-state index in [2.05, 4.69) is 27.4 Å². The summed E-state index contributed by atoms with van der Waals surface area (Å²) in [5, 5.41) is 12.5. The Balaban J connectivity index is 1.42. The molecule has 4 rings (SSSR count). The Kier molecular flexibility index (Phi) is 5.67. The van der Waals surface area contributed by atoms with E-state index in [1.165, 1.54) is 5.56 Å². The van der Waals surface area contributed by atoms with Crippen molar-refractivity contribution in [3.63, 3.8) is 0 Å². The molecule has 0 bridgehead atoms. The molecular formula is C22H26N4O2. The van der Waals surface area contributed by atoms with E-state index < -0.39 is 0 Å². The van der Waals surface area contributed by atoms with Crippen molar-refractivity contribution < 1.29 is 9.90 Å². The molecule has 0 spiro atoms. The lowest BCUT2D eigenvalue weighted by Crippen LogP contribution is -2.39.